The fourth-order valence-corrected chi connectivity index (χ4v) is 9.17. The minimum atomic E-state index is -0.156. The van der Waals surface area contributed by atoms with Gasteiger partial charge in [-0.2, -0.15) is 0 Å². The summed E-state index contributed by atoms with van der Waals surface area (Å²) in [5.41, 5.74) is 17.3. The molecule has 1 aliphatic carbocycles. The molecular weight excluding hydrogens is 691 g/mol. The zero-order chi connectivity index (χ0) is 38.1. The van der Waals surface area contributed by atoms with E-state index in [1.165, 1.54) is 38.6 Å². The molecule has 9 aromatic rings. The van der Waals surface area contributed by atoms with Gasteiger partial charge in [0.15, 0.2) is 5.75 Å². The monoisotopic (exact) mass is 729 g/mol. The molecule has 0 N–H and O–H groups in total. The van der Waals surface area contributed by atoms with Crippen LogP contribution in [0.5, 0.6) is 11.5 Å². The minimum absolute atomic E-state index is 0.156. The minimum Gasteiger partial charge on any atom is -0.454 e. The van der Waals surface area contributed by atoms with Gasteiger partial charge in [0.2, 0.25) is 0 Å². The number of anilines is 3. The highest BCUT2D eigenvalue weighted by Crippen LogP contribution is 2.55. The van der Waals surface area contributed by atoms with Crippen LogP contribution in [0.25, 0.3) is 66.4 Å². The van der Waals surface area contributed by atoms with Crippen molar-refractivity contribution in [1.29, 1.82) is 0 Å². The van der Waals surface area contributed by atoms with E-state index in [1.54, 1.807) is 0 Å². The highest BCUT2D eigenvalue weighted by molar-refractivity contribution is 6.02. The number of nitrogens with zero attached hydrogens (tertiary/aromatic N) is 1. The lowest BCUT2D eigenvalue weighted by molar-refractivity contribution is 0.489. The summed E-state index contributed by atoms with van der Waals surface area (Å²) in [5, 5.41) is 2.40. The summed E-state index contributed by atoms with van der Waals surface area (Å²) in [7, 11) is 0. The Morgan fingerprint density at radius 2 is 0.930 bits per heavy atom. The van der Waals surface area contributed by atoms with Crippen LogP contribution in [-0.2, 0) is 5.41 Å². The SMILES string of the molecule is CC1(C)c2ccccc2-c2ccc(N(c3cccc(-c4ccccc4)c3)c3cccc4c3Oc3cc(-c5ccccc5)ccc3-c3cc5ccccc5cc3-4)cc21. The molecule has 9 aromatic carbocycles. The van der Waals surface area contributed by atoms with Crippen molar-refractivity contribution in [3.8, 4) is 67.1 Å². The molecule has 0 spiro atoms. The van der Waals surface area contributed by atoms with Gasteiger partial charge < -0.3 is 9.64 Å². The van der Waals surface area contributed by atoms with Crippen molar-refractivity contribution in [2.24, 2.45) is 0 Å². The second kappa shape index (κ2) is 13.0. The van der Waals surface area contributed by atoms with Crippen LogP contribution in [0, 0.1) is 0 Å². The number of para-hydroxylation sites is 1. The Labute approximate surface area is 333 Å². The first kappa shape index (κ1) is 33.2. The zero-order valence-corrected chi connectivity index (χ0v) is 31.9. The van der Waals surface area contributed by atoms with E-state index < -0.39 is 0 Å². The maximum atomic E-state index is 7.39. The van der Waals surface area contributed by atoms with Crippen LogP contribution in [0.15, 0.2) is 200 Å². The van der Waals surface area contributed by atoms with E-state index in [0.717, 1.165) is 67.5 Å². The molecule has 0 bridgehead atoms. The summed E-state index contributed by atoms with van der Waals surface area (Å²) >= 11 is 0. The van der Waals surface area contributed by atoms with E-state index in [0.29, 0.717) is 0 Å². The number of hydrogen-bond donors (Lipinski definition) is 0. The molecule has 2 aliphatic rings. The fraction of sp³-hybridized carbons (Fsp3) is 0.0545. The Bertz CT molecular complexity index is 3020. The number of ether oxygens (including phenoxy) is 1. The van der Waals surface area contributed by atoms with Gasteiger partial charge in [0.1, 0.15) is 5.75 Å². The van der Waals surface area contributed by atoms with Crippen LogP contribution < -0.4 is 9.64 Å². The molecule has 0 atom stereocenters. The largest absolute Gasteiger partial charge is 0.454 e. The lowest BCUT2D eigenvalue weighted by atomic mass is 9.82. The van der Waals surface area contributed by atoms with Gasteiger partial charge in [0, 0.05) is 27.9 Å². The molecular formula is C55H39NO. The predicted molar refractivity (Wildman–Crippen MR) is 238 cm³/mol. The van der Waals surface area contributed by atoms with E-state index >= 15 is 0 Å². The van der Waals surface area contributed by atoms with Crippen LogP contribution in [0.2, 0.25) is 0 Å². The average Bonchev–Trinajstić information content (AvgIpc) is 3.40. The number of fused-ring (bicyclic) bond motifs is 9. The van der Waals surface area contributed by atoms with Crippen LogP contribution in [0.3, 0.4) is 0 Å². The molecule has 57 heavy (non-hydrogen) atoms. The Hall–Kier alpha value is -7.16. The summed E-state index contributed by atoms with van der Waals surface area (Å²) in [6, 6.07) is 72.6. The van der Waals surface area contributed by atoms with E-state index in [4.69, 9.17) is 4.74 Å². The van der Waals surface area contributed by atoms with Crippen LogP contribution in [0.1, 0.15) is 25.0 Å². The van der Waals surface area contributed by atoms with Gasteiger partial charge in [-0.05, 0) is 121 Å². The maximum Gasteiger partial charge on any atom is 0.159 e. The molecule has 2 nitrogen and oxygen atoms in total. The molecule has 1 heterocycles. The van der Waals surface area contributed by atoms with Gasteiger partial charge in [-0.1, -0.05) is 159 Å². The smallest absolute Gasteiger partial charge is 0.159 e. The number of rotatable bonds is 5. The third-order valence-corrected chi connectivity index (χ3v) is 12.0. The summed E-state index contributed by atoms with van der Waals surface area (Å²) in [6.07, 6.45) is 0. The standard InChI is InChI=1S/C55H39NO/c1-55(2)50-25-12-11-23-44(50)45-30-28-43(35-51(45)55)56(42-22-13-21-38(31-42)36-15-5-3-6-16-36)52-26-14-24-47-49-33-40-20-10-9-19-39(40)32-48(49)46-29-27-41(34-53(46)57-54(47)52)37-17-7-4-8-18-37/h3-35H,1-2H3. The van der Waals surface area contributed by atoms with Gasteiger partial charge in [-0.3, -0.25) is 0 Å². The van der Waals surface area contributed by atoms with Crippen molar-refractivity contribution in [3.63, 3.8) is 0 Å². The van der Waals surface area contributed by atoms with Crippen LogP contribution in [0.4, 0.5) is 17.1 Å². The van der Waals surface area contributed by atoms with E-state index in [2.05, 4.69) is 219 Å². The summed E-state index contributed by atoms with van der Waals surface area (Å²) in [5.74, 6) is 1.66. The van der Waals surface area contributed by atoms with Gasteiger partial charge in [-0.25, -0.2) is 0 Å². The van der Waals surface area contributed by atoms with Crippen molar-refractivity contribution in [2.45, 2.75) is 19.3 Å². The van der Waals surface area contributed by atoms with Crippen molar-refractivity contribution < 1.29 is 4.74 Å². The zero-order valence-electron chi connectivity index (χ0n) is 31.9. The molecule has 0 aromatic heterocycles. The highest BCUT2D eigenvalue weighted by Gasteiger charge is 2.36. The Balaban J connectivity index is 1.17. The van der Waals surface area contributed by atoms with Gasteiger partial charge >= 0.3 is 0 Å². The molecule has 0 radical (unpaired) electrons. The molecule has 11 rings (SSSR count). The molecule has 0 amide bonds. The van der Waals surface area contributed by atoms with Crippen molar-refractivity contribution >= 4 is 27.8 Å². The normalized spacial score (nSPS) is 13.0. The van der Waals surface area contributed by atoms with Gasteiger partial charge in [0.05, 0.1) is 5.69 Å². The van der Waals surface area contributed by atoms with Crippen molar-refractivity contribution in [3.05, 3.63) is 211 Å². The molecule has 270 valence electrons. The van der Waals surface area contributed by atoms with E-state index in [1.807, 2.05) is 0 Å². The third-order valence-electron chi connectivity index (χ3n) is 12.0. The quantitative estimate of drug-likeness (QED) is 0.175. The lowest BCUT2D eigenvalue weighted by Gasteiger charge is -2.30. The summed E-state index contributed by atoms with van der Waals surface area (Å²) in [4.78, 5) is 2.40. The molecule has 1 aliphatic heterocycles. The summed E-state index contributed by atoms with van der Waals surface area (Å²) < 4.78 is 7.39. The van der Waals surface area contributed by atoms with E-state index in [-0.39, 0.29) is 5.41 Å². The molecule has 2 heteroatoms. The first-order valence-electron chi connectivity index (χ1n) is 19.8. The van der Waals surface area contributed by atoms with Crippen LogP contribution in [-0.4, -0.2) is 0 Å². The Morgan fingerprint density at radius 1 is 0.368 bits per heavy atom. The number of benzene rings is 9. The molecule has 0 unspecified atom stereocenters. The van der Waals surface area contributed by atoms with Crippen LogP contribution >= 0.6 is 0 Å². The lowest BCUT2D eigenvalue weighted by Crippen LogP contribution is -2.17. The Morgan fingerprint density at radius 3 is 1.68 bits per heavy atom. The number of hydrogen-bond acceptors (Lipinski definition) is 2. The second-order valence-electron chi connectivity index (χ2n) is 15.7. The molecule has 0 fully saturated rings. The maximum absolute atomic E-state index is 7.39. The third kappa shape index (κ3) is 5.40. The average molecular weight is 730 g/mol. The topological polar surface area (TPSA) is 12.5 Å². The highest BCUT2D eigenvalue weighted by atomic mass is 16.5. The summed E-state index contributed by atoms with van der Waals surface area (Å²) in [6.45, 7) is 4.70. The molecule has 0 saturated heterocycles. The predicted octanol–water partition coefficient (Wildman–Crippen LogP) is 15.4. The van der Waals surface area contributed by atoms with Crippen molar-refractivity contribution in [1.82, 2.24) is 0 Å². The Kier molecular flexibility index (Phi) is 7.55. The van der Waals surface area contributed by atoms with Crippen molar-refractivity contribution in [2.75, 3.05) is 4.90 Å². The second-order valence-corrected chi connectivity index (χ2v) is 15.7. The fourth-order valence-electron chi connectivity index (χ4n) is 9.17. The first-order valence-corrected chi connectivity index (χ1v) is 19.8. The first-order chi connectivity index (χ1) is 28.0. The van der Waals surface area contributed by atoms with E-state index in [9.17, 15) is 0 Å². The van der Waals surface area contributed by atoms with Gasteiger partial charge in [0.25, 0.3) is 0 Å². The van der Waals surface area contributed by atoms with Gasteiger partial charge in [-0.15, -0.1) is 0 Å². The molecule has 0 saturated carbocycles.